The zero-order chi connectivity index (χ0) is 16.7. The second-order valence-corrected chi connectivity index (χ2v) is 5.64. The molecule has 0 amide bonds. The summed E-state index contributed by atoms with van der Waals surface area (Å²) in [5.41, 5.74) is 2.82. The monoisotopic (exact) mass is 318 g/mol. The van der Waals surface area contributed by atoms with E-state index in [2.05, 4.69) is 5.10 Å². The molecule has 2 aromatic carbocycles. The molecule has 5 nitrogen and oxygen atoms in total. The van der Waals surface area contributed by atoms with E-state index < -0.39 is 0 Å². The van der Waals surface area contributed by atoms with Gasteiger partial charge in [0.1, 0.15) is 23.0 Å². The second-order valence-electron chi connectivity index (χ2n) is 5.64. The molecule has 0 aliphatic carbocycles. The topological polar surface area (TPSA) is 68.3 Å². The van der Waals surface area contributed by atoms with Crippen molar-refractivity contribution in [2.75, 3.05) is 0 Å². The van der Waals surface area contributed by atoms with Crippen LogP contribution in [-0.4, -0.2) is 14.9 Å². The van der Waals surface area contributed by atoms with Gasteiger partial charge in [0.25, 0.3) is 0 Å². The smallest absolute Gasteiger partial charge is 0.204 e. The van der Waals surface area contributed by atoms with Gasteiger partial charge in [0, 0.05) is 11.8 Å². The molecule has 0 atom stereocenters. The van der Waals surface area contributed by atoms with E-state index in [-0.39, 0.29) is 16.6 Å². The number of fused-ring (bicyclic) bond motifs is 1. The Morgan fingerprint density at radius 1 is 1.17 bits per heavy atom. The summed E-state index contributed by atoms with van der Waals surface area (Å²) in [6.07, 6.45) is 4.78. The maximum absolute atomic E-state index is 12.7. The quantitative estimate of drug-likeness (QED) is 0.612. The third-order valence-electron chi connectivity index (χ3n) is 3.92. The number of hydrogen-bond acceptors (Lipinski definition) is 4. The Balaban J connectivity index is 1.88. The molecule has 0 saturated heterocycles. The van der Waals surface area contributed by atoms with Crippen LogP contribution in [-0.2, 0) is 0 Å². The Morgan fingerprint density at radius 3 is 2.75 bits per heavy atom. The summed E-state index contributed by atoms with van der Waals surface area (Å²) in [4.78, 5) is 12.7. The van der Waals surface area contributed by atoms with Crippen molar-refractivity contribution < 1.29 is 9.52 Å². The summed E-state index contributed by atoms with van der Waals surface area (Å²) in [5.74, 6) is -0.0731. The van der Waals surface area contributed by atoms with Gasteiger partial charge in [-0.25, -0.2) is 4.68 Å². The highest BCUT2D eigenvalue weighted by molar-refractivity contribution is 5.87. The molecule has 0 spiro atoms. The van der Waals surface area contributed by atoms with Crippen LogP contribution < -0.4 is 5.43 Å². The van der Waals surface area contributed by atoms with E-state index >= 15 is 0 Å². The Bertz CT molecular complexity index is 1090. The van der Waals surface area contributed by atoms with Crippen molar-refractivity contribution >= 4 is 11.0 Å². The molecule has 1 N–H and O–H groups in total. The lowest BCUT2D eigenvalue weighted by Gasteiger charge is -2.04. The number of aromatic hydroxyl groups is 1. The van der Waals surface area contributed by atoms with Gasteiger partial charge in [-0.05, 0) is 36.8 Å². The average molecular weight is 318 g/mol. The molecule has 2 aromatic heterocycles. The van der Waals surface area contributed by atoms with E-state index in [0.717, 1.165) is 11.3 Å². The third-order valence-corrected chi connectivity index (χ3v) is 3.92. The fourth-order valence-electron chi connectivity index (χ4n) is 2.75. The lowest BCUT2D eigenvalue weighted by molar-refractivity contribution is 0.479. The first-order valence-electron chi connectivity index (χ1n) is 7.49. The van der Waals surface area contributed by atoms with E-state index in [1.165, 1.54) is 6.26 Å². The number of aromatic nitrogens is 2. The van der Waals surface area contributed by atoms with Gasteiger partial charge in [-0.3, -0.25) is 4.79 Å². The molecule has 0 saturated carbocycles. The molecular formula is C19H14N2O3. The summed E-state index contributed by atoms with van der Waals surface area (Å²) in [7, 11) is 0. The lowest BCUT2D eigenvalue weighted by atomic mass is 10.1. The SMILES string of the molecule is Cc1cc(O)c2c(=O)c(-c3cnn(-c4ccccc4)c3)coc2c1. The van der Waals surface area contributed by atoms with Crippen molar-refractivity contribution in [3.63, 3.8) is 0 Å². The molecule has 0 fully saturated rings. The predicted octanol–water partition coefficient (Wildman–Crippen LogP) is 3.66. The number of benzene rings is 2. The van der Waals surface area contributed by atoms with Crippen LogP contribution in [0.2, 0.25) is 0 Å². The molecule has 5 heteroatoms. The van der Waals surface area contributed by atoms with Crippen LogP contribution in [0.5, 0.6) is 5.75 Å². The molecule has 0 aliphatic rings. The van der Waals surface area contributed by atoms with Crippen molar-refractivity contribution in [1.82, 2.24) is 9.78 Å². The van der Waals surface area contributed by atoms with Crippen LogP contribution in [0.25, 0.3) is 27.8 Å². The van der Waals surface area contributed by atoms with E-state index in [9.17, 15) is 9.90 Å². The zero-order valence-corrected chi connectivity index (χ0v) is 12.9. The first-order valence-corrected chi connectivity index (χ1v) is 7.49. The van der Waals surface area contributed by atoms with Gasteiger partial charge in [0.2, 0.25) is 5.43 Å². The van der Waals surface area contributed by atoms with Gasteiger partial charge < -0.3 is 9.52 Å². The molecular weight excluding hydrogens is 304 g/mol. The standard InChI is InChI=1S/C19H14N2O3/c1-12-7-16(22)18-17(8-12)24-11-15(19(18)23)13-9-20-21(10-13)14-5-3-2-4-6-14/h2-11,22H,1H3. The summed E-state index contributed by atoms with van der Waals surface area (Å²) in [6.45, 7) is 1.83. The summed E-state index contributed by atoms with van der Waals surface area (Å²) >= 11 is 0. The fourth-order valence-corrected chi connectivity index (χ4v) is 2.75. The number of hydrogen-bond donors (Lipinski definition) is 1. The third kappa shape index (κ3) is 2.27. The van der Waals surface area contributed by atoms with Crippen LogP contribution in [0.4, 0.5) is 0 Å². The van der Waals surface area contributed by atoms with Gasteiger partial charge in [0.15, 0.2) is 0 Å². The first-order chi connectivity index (χ1) is 11.6. The maximum atomic E-state index is 12.7. The van der Waals surface area contributed by atoms with E-state index in [0.29, 0.717) is 16.7 Å². The van der Waals surface area contributed by atoms with Gasteiger partial charge in [0.05, 0.1) is 17.4 Å². The Morgan fingerprint density at radius 2 is 1.96 bits per heavy atom. The zero-order valence-electron chi connectivity index (χ0n) is 12.9. The highest BCUT2D eigenvalue weighted by atomic mass is 16.3. The highest BCUT2D eigenvalue weighted by Gasteiger charge is 2.14. The minimum atomic E-state index is -0.277. The number of aryl methyl sites for hydroxylation is 1. The Labute approximate surface area is 137 Å². The molecule has 4 rings (SSSR count). The number of nitrogens with zero attached hydrogens (tertiary/aromatic N) is 2. The minimum Gasteiger partial charge on any atom is -0.507 e. The van der Waals surface area contributed by atoms with Gasteiger partial charge >= 0.3 is 0 Å². The fraction of sp³-hybridized carbons (Fsp3) is 0.0526. The molecule has 0 unspecified atom stereocenters. The van der Waals surface area contributed by atoms with Crippen LogP contribution in [0.3, 0.4) is 0 Å². The Hall–Kier alpha value is -3.34. The summed E-state index contributed by atoms with van der Waals surface area (Å²) in [6, 6.07) is 12.9. The van der Waals surface area contributed by atoms with Gasteiger partial charge in [-0.15, -0.1) is 0 Å². The minimum absolute atomic E-state index is 0.0731. The molecule has 0 radical (unpaired) electrons. The van der Waals surface area contributed by atoms with Crippen LogP contribution in [0.1, 0.15) is 5.56 Å². The van der Waals surface area contributed by atoms with E-state index in [4.69, 9.17) is 4.42 Å². The molecule has 0 aliphatic heterocycles. The average Bonchev–Trinajstić information content (AvgIpc) is 3.05. The normalized spacial score (nSPS) is 11.0. The van der Waals surface area contributed by atoms with Crippen LogP contribution in [0, 0.1) is 6.92 Å². The van der Waals surface area contributed by atoms with Crippen molar-refractivity contribution in [3.05, 3.63) is 76.9 Å². The van der Waals surface area contributed by atoms with E-state index in [1.54, 1.807) is 29.2 Å². The van der Waals surface area contributed by atoms with Crippen molar-refractivity contribution in [2.24, 2.45) is 0 Å². The van der Waals surface area contributed by atoms with Crippen molar-refractivity contribution in [1.29, 1.82) is 0 Å². The molecule has 2 heterocycles. The number of phenolic OH excluding ortho intramolecular Hbond substituents is 1. The molecule has 4 aromatic rings. The largest absolute Gasteiger partial charge is 0.507 e. The van der Waals surface area contributed by atoms with Gasteiger partial charge in [-0.2, -0.15) is 5.10 Å². The molecule has 118 valence electrons. The predicted molar refractivity (Wildman–Crippen MR) is 91.4 cm³/mol. The second kappa shape index (κ2) is 5.38. The highest BCUT2D eigenvalue weighted by Crippen LogP contribution is 2.27. The van der Waals surface area contributed by atoms with Crippen LogP contribution >= 0.6 is 0 Å². The lowest BCUT2D eigenvalue weighted by Crippen LogP contribution is -2.05. The molecule has 24 heavy (non-hydrogen) atoms. The van der Waals surface area contributed by atoms with Crippen LogP contribution in [0.15, 0.2) is 70.3 Å². The summed E-state index contributed by atoms with van der Waals surface area (Å²) in [5, 5.41) is 14.6. The molecule has 0 bridgehead atoms. The number of rotatable bonds is 2. The van der Waals surface area contributed by atoms with E-state index in [1.807, 2.05) is 37.3 Å². The van der Waals surface area contributed by atoms with Crippen molar-refractivity contribution in [2.45, 2.75) is 6.92 Å². The number of para-hydroxylation sites is 1. The van der Waals surface area contributed by atoms with Gasteiger partial charge in [-0.1, -0.05) is 18.2 Å². The number of phenols is 1. The Kier molecular flexibility index (Phi) is 3.20. The van der Waals surface area contributed by atoms with Crippen molar-refractivity contribution in [3.8, 4) is 22.6 Å². The first kappa shape index (κ1) is 14.3. The maximum Gasteiger partial charge on any atom is 0.204 e. The summed E-state index contributed by atoms with van der Waals surface area (Å²) < 4.78 is 7.25.